The van der Waals surface area contributed by atoms with Gasteiger partial charge in [0.1, 0.15) is 5.82 Å². The molecule has 0 saturated carbocycles. The van der Waals surface area contributed by atoms with E-state index in [-0.39, 0.29) is 18.3 Å². The van der Waals surface area contributed by atoms with Crippen molar-refractivity contribution in [2.45, 2.75) is 20.4 Å². The Bertz CT molecular complexity index is 423. The molecule has 0 saturated heterocycles. The molecule has 0 aliphatic carbocycles. The van der Waals surface area contributed by atoms with Crippen LogP contribution >= 0.6 is 0 Å². The molecular weight excluding hydrogens is 245 g/mol. The number of halogens is 1. The summed E-state index contributed by atoms with van der Waals surface area (Å²) < 4.78 is 14.1. The zero-order valence-electron chi connectivity index (χ0n) is 11.8. The molecule has 1 amide bonds. The van der Waals surface area contributed by atoms with Crippen LogP contribution < -0.4 is 15.5 Å². The molecule has 0 radical (unpaired) electrons. The first-order valence-corrected chi connectivity index (χ1v) is 6.57. The number of anilines is 1. The van der Waals surface area contributed by atoms with Crippen molar-refractivity contribution in [2.75, 3.05) is 31.6 Å². The number of carbonyl (C=O) groups excluding carboxylic acids is 1. The van der Waals surface area contributed by atoms with Gasteiger partial charge in [-0.25, -0.2) is 4.39 Å². The molecule has 1 aromatic rings. The first kappa shape index (κ1) is 15.4. The zero-order valence-corrected chi connectivity index (χ0v) is 11.8. The Kier molecular flexibility index (Phi) is 6.29. The fourth-order valence-electron chi connectivity index (χ4n) is 1.81. The van der Waals surface area contributed by atoms with Gasteiger partial charge in [0.25, 0.3) is 0 Å². The van der Waals surface area contributed by atoms with Crippen molar-refractivity contribution in [1.82, 2.24) is 10.6 Å². The maximum absolute atomic E-state index is 14.1. The van der Waals surface area contributed by atoms with Gasteiger partial charge < -0.3 is 15.5 Å². The summed E-state index contributed by atoms with van der Waals surface area (Å²) in [5.41, 5.74) is 1.37. The fourth-order valence-corrected chi connectivity index (χ4v) is 1.81. The second-order valence-electron chi connectivity index (χ2n) is 4.25. The molecular formula is C14H22FN3O. The van der Waals surface area contributed by atoms with Gasteiger partial charge in [-0.3, -0.25) is 4.79 Å². The monoisotopic (exact) mass is 267 g/mol. The smallest absolute Gasteiger partial charge is 0.239 e. The average Bonchev–Trinajstić information content (AvgIpc) is 2.42. The minimum absolute atomic E-state index is 0.127. The van der Waals surface area contributed by atoms with Crippen LogP contribution in [0.1, 0.15) is 19.4 Å². The van der Waals surface area contributed by atoms with Gasteiger partial charge in [0.05, 0.1) is 12.2 Å². The third kappa shape index (κ3) is 4.52. The maximum Gasteiger partial charge on any atom is 0.239 e. The van der Waals surface area contributed by atoms with Gasteiger partial charge in [-0.15, -0.1) is 0 Å². The van der Waals surface area contributed by atoms with E-state index in [0.717, 1.165) is 12.1 Å². The second kappa shape index (κ2) is 7.74. The molecule has 0 aliphatic rings. The highest BCUT2D eigenvalue weighted by molar-refractivity contribution is 5.81. The summed E-state index contributed by atoms with van der Waals surface area (Å²) in [7, 11) is 1.58. The maximum atomic E-state index is 14.1. The lowest BCUT2D eigenvalue weighted by atomic mass is 10.1. The summed E-state index contributed by atoms with van der Waals surface area (Å²) in [5, 5.41) is 5.70. The lowest BCUT2D eigenvalue weighted by Gasteiger charge is -2.23. The minimum Gasteiger partial charge on any atom is -0.360 e. The van der Waals surface area contributed by atoms with Crippen LogP contribution in [0, 0.1) is 5.82 Å². The third-order valence-corrected chi connectivity index (χ3v) is 2.93. The Morgan fingerprint density at radius 2 is 2.11 bits per heavy atom. The number of hydrogen-bond donors (Lipinski definition) is 2. The molecule has 5 heteroatoms. The van der Waals surface area contributed by atoms with Crippen molar-refractivity contribution in [3.8, 4) is 0 Å². The summed E-state index contributed by atoms with van der Waals surface area (Å²) in [6, 6.07) is 5.13. The largest absolute Gasteiger partial charge is 0.360 e. The Morgan fingerprint density at radius 3 is 2.63 bits per heavy atom. The van der Waals surface area contributed by atoms with Crippen molar-refractivity contribution in [1.29, 1.82) is 0 Å². The molecule has 0 heterocycles. The van der Waals surface area contributed by atoms with E-state index in [9.17, 15) is 9.18 Å². The summed E-state index contributed by atoms with van der Waals surface area (Å²) in [6.07, 6.45) is 0. The molecule has 106 valence electrons. The number of nitrogens with zero attached hydrogens (tertiary/aromatic N) is 1. The van der Waals surface area contributed by atoms with Crippen molar-refractivity contribution in [3.63, 3.8) is 0 Å². The van der Waals surface area contributed by atoms with Crippen molar-refractivity contribution in [3.05, 3.63) is 29.6 Å². The van der Waals surface area contributed by atoms with Gasteiger partial charge in [0, 0.05) is 20.1 Å². The molecule has 0 aliphatic heterocycles. The van der Waals surface area contributed by atoms with Gasteiger partial charge in [-0.1, -0.05) is 13.0 Å². The van der Waals surface area contributed by atoms with Gasteiger partial charge in [-0.2, -0.15) is 0 Å². The number of carbonyl (C=O) groups is 1. The van der Waals surface area contributed by atoms with Crippen LogP contribution in [-0.4, -0.2) is 32.6 Å². The van der Waals surface area contributed by atoms with Crippen LogP contribution in [0.5, 0.6) is 0 Å². The Balaban J connectivity index is 2.83. The summed E-state index contributed by atoms with van der Waals surface area (Å²) in [6.45, 7) is 6.14. The van der Waals surface area contributed by atoms with Crippen LogP contribution in [0.2, 0.25) is 0 Å². The highest BCUT2D eigenvalue weighted by Gasteiger charge is 2.13. The predicted molar refractivity (Wildman–Crippen MR) is 75.7 cm³/mol. The van der Waals surface area contributed by atoms with Crippen LogP contribution in [0.4, 0.5) is 10.1 Å². The normalized spacial score (nSPS) is 10.3. The summed E-state index contributed by atoms with van der Waals surface area (Å²) in [4.78, 5) is 13.1. The van der Waals surface area contributed by atoms with Crippen molar-refractivity contribution in [2.24, 2.45) is 0 Å². The second-order valence-corrected chi connectivity index (χ2v) is 4.25. The number of hydrogen-bond acceptors (Lipinski definition) is 3. The number of rotatable bonds is 7. The molecule has 4 nitrogen and oxygen atoms in total. The van der Waals surface area contributed by atoms with Gasteiger partial charge in [0.15, 0.2) is 0 Å². The van der Waals surface area contributed by atoms with Crippen LogP contribution in [0.25, 0.3) is 0 Å². The van der Waals surface area contributed by atoms with E-state index in [1.54, 1.807) is 18.0 Å². The number of nitrogens with one attached hydrogen (secondary N) is 2. The molecule has 19 heavy (non-hydrogen) atoms. The van der Waals surface area contributed by atoms with Gasteiger partial charge in [-0.05, 0) is 31.2 Å². The Hall–Kier alpha value is -1.62. The van der Waals surface area contributed by atoms with E-state index in [1.165, 1.54) is 6.07 Å². The van der Waals surface area contributed by atoms with E-state index >= 15 is 0 Å². The summed E-state index contributed by atoms with van der Waals surface area (Å²) in [5.74, 6) is -0.417. The molecule has 1 aromatic carbocycles. The molecule has 0 atom stereocenters. The minimum atomic E-state index is -0.291. The van der Waals surface area contributed by atoms with E-state index in [4.69, 9.17) is 0 Å². The fraction of sp³-hybridized carbons (Fsp3) is 0.500. The van der Waals surface area contributed by atoms with E-state index in [0.29, 0.717) is 18.8 Å². The van der Waals surface area contributed by atoms with E-state index < -0.39 is 0 Å². The Morgan fingerprint density at radius 1 is 1.37 bits per heavy atom. The SMILES string of the molecule is CCNCc1ccc(N(CC)CC(=O)NC)c(F)c1. The zero-order chi connectivity index (χ0) is 14.3. The van der Waals surface area contributed by atoms with Gasteiger partial charge >= 0.3 is 0 Å². The molecule has 0 spiro atoms. The lowest BCUT2D eigenvalue weighted by molar-refractivity contribution is -0.119. The average molecular weight is 267 g/mol. The quantitative estimate of drug-likeness (QED) is 0.787. The third-order valence-electron chi connectivity index (χ3n) is 2.93. The molecule has 0 unspecified atom stereocenters. The number of benzene rings is 1. The van der Waals surface area contributed by atoms with E-state index in [2.05, 4.69) is 10.6 Å². The van der Waals surface area contributed by atoms with Crippen molar-refractivity contribution < 1.29 is 9.18 Å². The van der Waals surface area contributed by atoms with Crippen molar-refractivity contribution >= 4 is 11.6 Å². The highest BCUT2D eigenvalue weighted by atomic mass is 19.1. The summed E-state index contributed by atoms with van der Waals surface area (Å²) >= 11 is 0. The number of likely N-dealkylation sites (N-methyl/N-ethyl adjacent to an activating group) is 2. The molecule has 1 rings (SSSR count). The first-order chi connectivity index (χ1) is 9.12. The Labute approximate surface area is 114 Å². The van der Waals surface area contributed by atoms with Crippen LogP contribution in [0.15, 0.2) is 18.2 Å². The molecule has 2 N–H and O–H groups in total. The predicted octanol–water partition coefficient (Wildman–Crippen LogP) is 1.51. The van der Waals surface area contributed by atoms with E-state index in [1.807, 2.05) is 19.9 Å². The highest BCUT2D eigenvalue weighted by Crippen LogP contribution is 2.20. The lowest BCUT2D eigenvalue weighted by Crippen LogP contribution is -2.36. The number of amides is 1. The van der Waals surface area contributed by atoms with Crippen LogP contribution in [0.3, 0.4) is 0 Å². The van der Waals surface area contributed by atoms with Gasteiger partial charge in [0.2, 0.25) is 5.91 Å². The van der Waals surface area contributed by atoms with Crippen LogP contribution in [-0.2, 0) is 11.3 Å². The molecule has 0 fully saturated rings. The first-order valence-electron chi connectivity index (χ1n) is 6.57. The molecule has 0 aromatic heterocycles. The molecule has 0 bridgehead atoms. The standard InChI is InChI=1S/C14H22FN3O/c1-4-17-9-11-6-7-13(12(15)8-11)18(5-2)10-14(19)16-3/h6-8,17H,4-5,9-10H2,1-3H3,(H,16,19). The topological polar surface area (TPSA) is 44.4 Å².